The number of hydrogen-bond donors (Lipinski definition) is 1. The van der Waals surface area contributed by atoms with E-state index in [-0.39, 0.29) is 0 Å². The molecule has 2 rings (SSSR count). The van der Waals surface area contributed by atoms with Crippen LogP contribution in [-0.2, 0) is 0 Å². The third kappa shape index (κ3) is 1.60. The Kier molecular flexibility index (Phi) is 2.84. The maximum absolute atomic E-state index is 7.50. The summed E-state index contributed by atoms with van der Waals surface area (Å²) in [5.74, 6) is 0. The molecule has 1 aromatic carbocycles. The predicted octanol–water partition coefficient (Wildman–Crippen LogP) is 1.96. The fourth-order valence-corrected chi connectivity index (χ4v) is 0.923. The van der Waals surface area contributed by atoms with Crippen LogP contribution >= 0.6 is 0 Å². The normalized spacial score (nSPS) is 8.67. The highest BCUT2D eigenvalue weighted by atomic mass is 16.2. The van der Waals surface area contributed by atoms with Gasteiger partial charge in [-0.25, -0.2) is 9.97 Å². The molecule has 0 amide bonds. The SMILES string of the molecule is N=O.c1ccc2ncncc2c1. The molecule has 1 aromatic heterocycles. The van der Waals surface area contributed by atoms with E-state index in [1.807, 2.05) is 30.5 Å². The molecule has 0 aliphatic heterocycles. The summed E-state index contributed by atoms with van der Waals surface area (Å²) in [5.41, 5.74) is 5.50. The zero-order chi connectivity index (χ0) is 8.81. The van der Waals surface area contributed by atoms with Gasteiger partial charge in [-0.1, -0.05) is 23.8 Å². The number of hydrogen-bond acceptors (Lipinski definition) is 4. The third-order valence-electron chi connectivity index (χ3n) is 1.41. The number of nitroso groups, excluding NO2 is 1. The largest absolute Gasteiger partial charge is 0.244 e. The summed E-state index contributed by atoms with van der Waals surface area (Å²) in [6.45, 7) is 0. The Morgan fingerprint density at radius 3 is 2.67 bits per heavy atom. The monoisotopic (exact) mass is 161 g/mol. The molecule has 0 saturated carbocycles. The minimum atomic E-state index is 0.998. The van der Waals surface area contributed by atoms with Gasteiger partial charge in [0, 0.05) is 11.6 Å². The van der Waals surface area contributed by atoms with E-state index in [1.165, 1.54) is 0 Å². The topological polar surface area (TPSA) is 66.7 Å². The van der Waals surface area contributed by atoms with Gasteiger partial charge in [0.2, 0.25) is 0 Å². The lowest BCUT2D eigenvalue weighted by Crippen LogP contribution is -1.77. The summed E-state index contributed by atoms with van der Waals surface area (Å²) < 4.78 is 0. The van der Waals surface area contributed by atoms with E-state index in [9.17, 15) is 0 Å². The molecule has 0 radical (unpaired) electrons. The smallest absolute Gasteiger partial charge is 0.116 e. The van der Waals surface area contributed by atoms with Crippen molar-refractivity contribution in [3.05, 3.63) is 41.7 Å². The van der Waals surface area contributed by atoms with E-state index in [0.29, 0.717) is 0 Å². The first-order valence-electron chi connectivity index (χ1n) is 3.32. The van der Waals surface area contributed by atoms with Crippen molar-refractivity contribution in [3.63, 3.8) is 0 Å². The van der Waals surface area contributed by atoms with Crippen molar-refractivity contribution in [2.24, 2.45) is 0 Å². The highest BCUT2D eigenvalue weighted by Crippen LogP contribution is 2.06. The van der Waals surface area contributed by atoms with Crippen molar-refractivity contribution < 1.29 is 0 Å². The van der Waals surface area contributed by atoms with Crippen LogP contribution in [0.3, 0.4) is 0 Å². The Bertz CT molecular complexity index is 299. The van der Waals surface area contributed by atoms with Gasteiger partial charge in [-0.15, -0.1) is 0 Å². The molecule has 0 unspecified atom stereocenters. The summed E-state index contributed by atoms with van der Waals surface area (Å²) in [5, 5.41) is 1.09. The summed E-state index contributed by atoms with van der Waals surface area (Å²) in [6, 6.07) is 7.91. The van der Waals surface area contributed by atoms with Gasteiger partial charge in [-0.3, -0.25) is 0 Å². The second-order valence-electron chi connectivity index (χ2n) is 2.08. The number of benzene rings is 1. The van der Waals surface area contributed by atoms with Crippen LogP contribution in [0, 0.1) is 10.5 Å². The molecule has 0 aliphatic rings. The molecule has 0 saturated heterocycles. The molecule has 60 valence electrons. The van der Waals surface area contributed by atoms with Gasteiger partial charge in [-0.2, -0.15) is 4.91 Å². The second kappa shape index (κ2) is 4.12. The van der Waals surface area contributed by atoms with Gasteiger partial charge in [0.1, 0.15) is 6.33 Å². The van der Waals surface area contributed by atoms with Crippen LogP contribution in [0.1, 0.15) is 0 Å². The third-order valence-corrected chi connectivity index (χ3v) is 1.41. The van der Waals surface area contributed by atoms with E-state index in [2.05, 4.69) is 15.6 Å². The van der Waals surface area contributed by atoms with E-state index in [4.69, 9.17) is 4.91 Å². The molecular formula is C8H7N3O. The average molecular weight is 161 g/mol. The molecule has 0 fully saturated rings. The molecular weight excluding hydrogens is 154 g/mol. The Morgan fingerprint density at radius 1 is 1.17 bits per heavy atom. The first kappa shape index (κ1) is 8.26. The van der Waals surface area contributed by atoms with Crippen LogP contribution in [0.4, 0.5) is 0 Å². The maximum Gasteiger partial charge on any atom is 0.116 e. The summed E-state index contributed by atoms with van der Waals surface area (Å²) >= 11 is 0. The van der Waals surface area contributed by atoms with Crippen molar-refractivity contribution in [3.8, 4) is 0 Å². The molecule has 2 aromatic rings. The van der Waals surface area contributed by atoms with Crippen molar-refractivity contribution in [2.45, 2.75) is 0 Å². The standard InChI is InChI=1S/C8H6N2.HNO/c1-2-4-8-7(3-1)5-9-6-10-8;1-2/h1-6H;1H. The molecule has 1 N–H and O–H groups in total. The van der Waals surface area contributed by atoms with Gasteiger partial charge in [0.25, 0.3) is 0 Å². The number of para-hydroxylation sites is 1. The van der Waals surface area contributed by atoms with E-state index < -0.39 is 0 Å². The highest BCUT2D eigenvalue weighted by molar-refractivity contribution is 5.76. The number of rotatable bonds is 0. The Hall–Kier alpha value is -1.84. The van der Waals surface area contributed by atoms with Crippen LogP contribution in [0.5, 0.6) is 0 Å². The zero-order valence-corrected chi connectivity index (χ0v) is 6.27. The van der Waals surface area contributed by atoms with Gasteiger partial charge < -0.3 is 0 Å². The van der Waals surface area contributed by atoms with Gasteiger partial charge in [-0.05, 0) is 6.07 Å². The van der Waals surface area contributed by atoms with E-state index in [0.717, 1.165) is 10.9 Å². The Balaban J connectivity index is 0.000000336. The van der Waals surface area contributed by atoms with Gasteiger partial charge >= 0.3 is 0 Å². The lowest BCUT2D eigenvalue weighted by atomic mass is 10.2. The van der Waals surface area contributed by atoms with Crippen LogP contribution in [0.2, 0.25) is 0 Å². The minimum absolute atomic E-state index is 0.998. The maximum atomic E-state index is 7.50. The molecule has 0 spiro atoms. The fourth-order valence-electron chi connectivity index (χ4n) is 0.923. The predicted molar refractivity (Wildman–Crippen MR) is 45.6 cm³/mol. The lowest BCUT2D eigenvalue weighted by Gasteiger charge is -1.90. The molecule has 1 heterocycles. The van der Waals surface area contributed by atoms with Crippen molar-refractivity contribution >= 4 is 10.9 Å². The van der Waals surface area contributed by atoms with E-state index >= 15 is 0 Å². The van der Waals surface area contributed by atoms with Crippen LogP contribution in [0.25, 0.3) is 10.9 Å². The average Bonchev–Trinajstić information content (AvgIpc) is 2.21. The Morgan fingerprint density at radius 2 is 1.92 bits per heavy atom. The molecule has 0 bridgehead atoms. The molecule has 12 heavy (non-hydrogen) atoms. The van der Waals surface area contributed by atoms with E-state index in [1.54, 1.807) is 6.33 Å². The minimum Gasteiger partial charge on any atom is -0.244 e. The van der Waals surface area contributed by atoms with Crippen molar-refractivity contribution in [1.29, 1.82) is 5.59 Å². The first-order chi connectivity index (χ1) is 5.97. The molecule has 0 aliphatic carbocycles. The molecule has 4 heteroatoms. The fraction of sp³-hybridized carbons (Fsp3) is 0. The Labute approximate surface area is 69.0 Å². The van der Waals surface area contributed by atoms with Crippen LogP contribution in [0.15, 0.2) is 36.8 Å². The lowest BCUT2D eigenvalue weighted by molar-refractivity contribution is 1.22. The van der Waals surface area contributed by atoms with Crippen LogP contribution < -0.4 is 0 Å². The van der Waals surface area contributed by atoms with Gasteiger partial charge in [0.05, 0.1) is 5.52 Å². The number of aromatic nitrogens is 2. The summed E-state index contributed by atoms with van der Waals surface area (Å²) in [7, 11) is 0. The zero-order valence-electron chi connectivity index (χ0n) is 6.27. The quantitative estimate of drug-likeness (QED) is 0.600. The van der Waals surface area contributed by atoms with Crippen LogP contribution in [-0.4, -0.2) is 9.97 Å². The summed E-state index contributed by atoms with van der Waals surface area (Å²) in [4.78, 5) is 15.5. The number of fused-ring (bicyclic) bond motifs is 1. The highest BCUT2D eigenvalue weighted by Gasteiger charge is 1.87. The first-order valence-corrected chi connectivity index (χ1v) is 3.32. The number of nitrogens with one attached hydrogen (secondary N) is 1. The van der Waals surface area contributed by atoms with Crippen molar-refractivity contribution in [2.75, 3.05) is 0 Å². The summed E-state index contributed by atoms with van der Waals surface area (Å²) in [6.07, 6.45) is 3.37. The van der Waals surface area contributed by atoms with Crippen molar-refractivity contribution in [1.82, 2.24) is 9.97 Å². The second-order valence-corrected chi connectivity index (χ2v) is 2.08. The molecule has 0 atom stereocenters. The number of nitrogens with zero attached hydrogens (tertiary/aromatic N) is 2. The molecule has 4 nitrogen and oxygen atoms in total. The van der Waals surface area contributed by atoms with Gasteiger partial charge in [0.15, 0.2) is 0 Å².